The number of hydrogen-bond donors (Lipinski definition) is 2. The van der Waals surface area contributed by atoms with Gasteiger partial charge < -0.3 is 10.4 Å². The number of rotatable bonds is 5. The number of nitrogens with one attached hydrogen (secondary N) is 1. The van der Waals surface area contributed by atoms with Gasteiger partial charge in [0.05, 0.1) is 11.6 Å². The van der Waals surface area contributed by atoms with Crippen molar-refractivity contribution in [1.29, 1.82) is 0 Å². The van der Waals surface area contributed by atoms with Crippen molar-refractivity contribution in [3.05, 3.63) is 0 Å². The van der Waals surface area contributed by atoms with Crippen molar-refractivity contribution < 1.29 is 9.90 Å². The van der Waals surface area contributed by atoms with E-state index in [1.54, 1.807) is 20.8 Å². The van der Waals surface area contributed by atoms with Crippen molar-refractivity contribution in [2.75, 3.05) is 5.88 Å². The molecule has 0 aromatic carbocycles. The number of aliphatic hydroxyl groups is 1. The molecular formula is C9H18ClNO2. The van der Waals surface area contributed by atoms with Gasteiger partial charge in [-0.25, -0.2) is 0 Å². The molecule has 0 radical (unpaired) electrons. The van der Waals surface area contributed by atoms with Crippen LogP contribution in [0.15, 0.2) is 0 Å². The first-order valence-corrected chi connectivity index (χ1v) is 4.98. The lowest BCUT2D eigenvalue weighted by molar-refractivity contribution is -0.124. The lowest BCUT2D eigenvalue weighted by Gasteiger charge is -2.29. The van der Waals surface area contributed by atoms with E-state index in [0.717, 1.165) is 0 Å². The zero-order valence-electron chi connectivity index (χ0n) is 8.43. The van der Waals surface area contributed by atoms with E-state index >= 15 is 0 Å². The Morgan fingerprint density at radius 1 is 1.62 bits per heavy atom. The number of hydrogen-bond acceptors (Lipinski definition) is 2. The molecular weight excluding hydrogens is 190 g/mol. The fourth-order valence-electron chi connectivity index (χ4n) is 0.754. The van der Waals surface area contributed by atoms with Gasteiger partial charge >= 0.3 is 0 Å². The van der Waals surface area contributed by atoms with Crippen LogP contribution in [-0.2, 0) is 4.79 Å². The van der Waals surface area contributed by atoms with Crippen LogP contribution >= 0.6 is 11.6 Å². The Hall–Kier alpha value is -0.280. The number of amides is 1. The minimum Gasteiger partial charge on any atom is -0.391 e. The van der Waals surface area contributed by atoms with E-state index in [1.807, 2.05) is 0 Å². The summed E-state index contributed by atoms with van der Waals surface area (Å²) in [6.45, 7) is 5.23. The molecule has 0 aliphatic heterocycles. The van der Waals surface area contributed by atoms with Crippen LogP contribution in [0.1, 0.15) is 33.6 Å². The lowest BCUT2D eigenvalue weighted by Crippen LogP contribution is -2.50. The van der Waals surface area contributed by atoms with E-state index in [0.29, 0.717) is 18.7 Å². The molecule has 0 aliphatic carbocycles. The molecule has 0 rings (SSSR count). The van der Waals surface area contributed by atoms with Gasteiger partial charge in [-0.2, -0.15) is 0 Å². The molecule has 0 saturated carbocycles. The predicted molar refractivity (Wildman–Crippen MR) is 53.9 cm³/mol. The maximum absolute atomic E-state index is 11.2. The Morgan fingerprint density at radius 3 is 2.54 bits per heavy atom. The zero-order chi connectivity index (χ0) is 10.5. The molecule has 1 atom stereocenters. The van der Waals surface area contributed by atoms with Gasteiger partial charge in [-0.15, -0.1) is 11.6 Å². The van der Waals surface area contributed by atoms with Gasteiger partial charge in [0.1, 0.15) is 0 Å². The lowest BCUT2D eigenvalue weighted by atomic mass is 9.98. The minimum atomic E-state index is -0.566. The number of carbonyl (C=O) groups is 1. The van der Waals surface area contributed by atoms with E-state index in [-0.39, 0.29) is 5.91 Å². The fraction of sp³-hybridized carbons (Fsp3) is 0.889. The van der Waals surface area contributed by atoms with Crippen LogP contribution in [0.4, 0.5) is 0 Å². The number of carbonyl (C=O) groups excluding carboxylic acids is 1. The molecule has 3 nitrogen and oxygen atoms in total. The summed E-state index contributed by atoms with van der Waals surface area (Å²) >= 11 is 5.45. The number of aliphatic hydroxyl groups excluding tert-OH is 1. The monoisotopic (exact) mass is 207 g/mol. The highest BCUT2D eigenvalue weighted by molar-refractivity contribution is 6.17. The molecule has 4 heteroatoms. The van der Waals surface area contributed by atoms with Crippen LogP contribution in [0.5, 0.6) is 0 Å². The summed E-state index contributed by atoms with van der Waals surface area (Å²) < 4.78 is 0. The van der Waals surface area contributed by atoms with Crippen LogP contribution in [0.25, 0.3) is 0 Å². The van der Waals surface area contributed by atoms with Crippen molar-refractivity contribution in [2.45, 2.75) is 45.3 Å². The first-order valence-electron chi connectivity index (χ1n) is 4.45. The molecule has 0 aromatic heterocycles. The Balaban J connectivity index is 3.90. The molecule has 0 fully saturated rings. The SMILES string of the molecule is CC(O)C(C)(C)NC(=O)CCCCl. The third-order valence-corrected chi connectivity index (χ3v) is 2.31. The Kier molecular flexibility index (Phi) is 5.33. The van der Waals surface area contributed by atoms with Crippen LogP contribution in [0, 0.1) is 0 Å². The summed E-state index contributed by atoms with van der Waals surface area (Å²) in [4.78, 5) is 11.2. The molecule has 2 N–H and O–H groups in total. The van der Waals surface area contributed by atoms with E-state index in [1.165, 1.54) is 0 Å². The highest BCUT2D eigenvalue weighted by atomic mass is 35.5. The van der Waals surface area contributed by atoms with E-state index < -0.39 is 11.6 Å². The van der Waals surface area contributed by atoms with Gasteiger partial charge in [-0.05, 0) is 27.2 Å². The molecule has 0 heterocycles. The first kappa shape index (κ1) is 12.7. The highest BCUT2D eigenvalue weighted by Crippen LogP contribution is 2.08. The molecule has 1 unspecified atom stereocenters. The maximum atomic E-state index is 11.2. The summed E-state index contributed by atoms with van der Waals surface area (Å²) in [5, 5.41) is 12.1. The molecule has 0 saturated heterocycles. The molecule has 0 bridgehead atoms. The fourth-order valence-corrected chi connectivity index (χ4v) is 0.887. The van der Waals surface area contributed by atoms with Crippen molar-refractivity contribution in [3.63, 3.8) is 0 Å². The largest absolute Gasteiger partial charge is 0.391 e. The molecule has 0 spiro atoms. The quantitative estimate of drug-likeness (QED) is 0.668. The van der Waals surface area contributed by atoms with Crippen molar-refractivity contribution >= 4 is 17.5 Å². The summed E-state index contributed by atoms with van der Waals surface area (Å²) in [5.74, 6) is 0.425. The molecule has 13 heavy (non-hydrogen) atoms. The van der Waals surface area contributed by atoms with Crippen LogP contribution < -0.4 is 5.32 Å². The van der Waals surface area contributed by atoms with E-state index in [2.05, 4.69) is 5.32 Å². The smallest absolute Gasteiger partial charge is 0.220 e. The Bertz CT molecular complexity index is 169. The zero-order valence-corrected chi connectivity index (χ0v) is 9.19. The third-order valence-electron chi connectivity index (χ3n) is 2.04. The summed E-state index contributed by atoms with van der Waals surface area (Å²) in [6, 6.07) is 0. The Labute approximate surface area is 84.5 Å². The average Bonchev–Trinajstić information content (AvgIpc) is 1.99. The van der Waals surface area contributed by atoms with Gasteiger partial charge in [-0.3, -0.25) is 4.79 Å². The van der Waals surface area contributed by atoms with Crippen LogP contribution in [-0.4, -0.2) is 28.5 Å². The van der Waals surface area contributed by atoms with E-state index in [9.17, 15) is 9.90 Å². The van der Waals surface area contributed by atoms with E-state index in [4.69, 9.17) is 11.6 Å². The second kappa shape index (κ2) is 5.45. The van der Waals surface area contributed by atoms with Crippen molar-refractivity contribution in [2.24, 2.45) is 0 Å². The molecule has 0 aromatic rings. The highest BCUT2D eigenvalue weighted by Gasteiger charge is 2.25. The summed E-state index contributed by atoms with van der Waals surface area (Å²) in [6.07, 6.45) is 0.524. The standard InChI is InChI=1S/C9H18ClNO2/c1-7(12)9(2,3)11-8(13)5-4-6-10/h7,12H,4-6H2,1-3H3,(H,11,13). The number of halogens is 1. The third kappa shape index (κ3) is 5.11. The van der Waals surface area contributed by atoms with Crippen molar-refractivity contribution in [3.8, 4) is 0 Å². The van der Waals surface area contributed by atoms with Crippen LogP contribution in [0.2, 0.25) is 0 Å². The summed E-state index contributed by atoms with van der Waals surface area (Å²) in [7, 11) is 0. The maximum Gasteiger partial charge on any atom is 0.220 e. The minimum absolute atomic E-state index is 0.0634. The second-order valence-corrected chi connectivity index (χ2v) is 4.12. The Morgan fingerprint density at radius 2 is 2.15 bits per heavy atom. The van der Waals surface area contributed by atoms with Gasteiger partial charge in [-0.1, -0.05) is 0 Å². The van der Waals surface area contributed by atoms with Gasteiger partial charge in [0.25, 0.3) is 0 Å². The van der Waals surface area contributed by atoms with Gasteiger partial charge in [0, 0.05) is 12.3 Å². The van der Waals surface area contributed by atoms with Gasteiger partial charge in [0.2, 0.25) is 5.91 Å². The number of alkyl halides is 1. The van der Waals surface area contributed by atoms with Crippen LogP contribution in [0.3, 0.4) is 0 Å². The predicted octanol–water partition coefficient (Wildman–Crippen LogP) is 1.28. The molecule has 0 aliphatic rings. The molecule has 78 valence electrons. The second-order valence-electron chi connectivity index (χ2n) is 3.74. The van der Waals surface area contributed by atoms with Gasteiger partial charge in [0.15, 0.2) is 0 Å². The normalized spacial score (nSPS) is 13.9. The van der Waals surface area contributed by atoms with Crippen molar-refractivity contribution in [1.82, 2.24) is 5.32 Å². The first-order chi connectivity index (χ1) is 5.90. The average molecular weight is 208 g/mol. The summed E-state index contributed by atoms with van der Waals surface area (Å²) in [5.41, 5.74) is -0.566. The molecule has 1 amide bonds. The topological polar surface area (TPSA) is 49.3 Å².